The maximum Gasteiger partial charge on any atom is 0.433 e. The lowest BCUT2D eigenvalue weighted by Gasteiger charge is -2.05. The van der Waals surface area contributed by atoms with Gasteiger partial charge in [0, 0.05) is 0 Å². The highest BCUT2D eigenvalue weighted by atomic mass is 19.4. The Morgan fingerprint density at radius 2 is 2.13 bits per heavy atom. The SMILES string of the molecule is N#CCC(=O)c1cccc(C(F)(F)F)n1. The molecule has 0 spiro atoms. The number of alkyl halides is 3. The molecule has 1 heterocycles. The smallest absolute Gasteiger partial charge is 0.291 e. The Bertz CT molecular complexity index is 420. The van der Waals surface area contributed by atoms with Gasteiger partial charge in [-0.05, 0) is 12.1 Å². The lowest BCUT2D eigenvalue weighted by Crippen LogP contribution is -2.11. The van der Waals surface area contributed by atoms with Crippen molar-refractivity contribution in [3.05, 3.63) is 29.6 Å². The first-order valence-corrected chi connectivity index (χ1v) is 3.89. The van der Waals surface area contributed by atoms with E-state index in [0.29, 0.717) is 0 Å². The number of halogens is 3. The maximum atomic E-state index is 12.2. The van der Waals surface area contributed by atoms with Crippen molar-refractivity contribution >= 4 is 5.78 Å². The second kappa shape index (κ2) is 4.09. The van der Waals surface area contributed by atoms with E-state index >= 15 is 0 Å². The van der Waals surface area contributed by atoms with Crippen LogP contribution in [-0.2, 0) is 6.18 Å². The largest absolute Gasteiger partial charge is 0.433 e. The molecule has 0 aliphatic rings. The number of carbonyl (C=O) groups excluding carboxylic acids is 1. The number of hydrogen-bond acceptors (Lipinski definition) is 3. The van der Waals surface area contributed by atoms with Gasteiger partial charge in [-0.3, -0.25) is 4.79 Å². The fraction of sp³-hybridized carbons (Fsp3) is 0.222. The molecular weight excluding hydrogens is 209 g/mol. The van der Waals surface area contributed by atoms with Crippen molar-refractivity contribution < 1.29 is 18.0 Å². The summed E-state index contributed by atoms with van der Waals surface area (Å²) in [5.74, 6) is -0.719. The van der Waals surface area contributed by atoms with Crippen LogP contribution in [0, 0.1) is 11.3 Å². The van der Waals surface area contributed by atoms with Gasteiger partial charge in [-0.1, -0.05) is 6.07 Å². The van der Waals surface area contributed by atoms with Gasteiger partial charge in [-0.15, -0.1) is 0 Å². The van der Waals surface area contributed by atoms with Crippen LogP contribution in [0.4, 0.5) is 13.2 Å². The minimum absolute atomic E-state index is 0.341. The molecule has 0 bridgehead atoms. The predicted octanol–water partition coefficient (Wildman–Crippen LogP) is 2.20. The van der Waals surface area contributed by atoms with Crippen LogP contribution >= 0.6 is 0 Å². The highest BCUT2D eigenvalue weighted by Gasteiger charge is 2.32. The summed E-state index contributed by atoms with van der Waals surface area (Å²) in [5.41, 5.74) is -1.47. The molecule has 0 fully saturated rings. The van der Waals surface area contributed by atoms with Gasteiger partial charge in [0.2, 0.25) is 0 Å². The van der Waals surface area contributed by atoms with E-state index < -0.39 is 24.1 Å². The van der Waals surface area contributed by atoms with E-state index in [2.05, 4.69) is 4.98 Å². The lowest BCUT2D eigenvalue weighted by atomic mass is 10.2. The Morgan fingerprint density at radius 3 is 2.67 bits per heavy atom. The predicted molar refractivity (Wildman–Crippen MR) is 43.8 cm³/mol. The number of Topliss-reactive ketones (excluding diaryl/α,β-unsaturated/α-hetero) is 1. The molecule has 15 heavy (non-hydrogen) atoms. The molecule has 0 aliphatic heterocycles. The third-order valence-corrected chi connectivity index (χ3v) is 1.56. The molecule has 0 unspecified atom stereocenters. The van der Waals surface area contributed by atoms with Gasteiger partial charge in [0.05, 0.1) is 6.07 Å². The Kier molecular flexibility index (Phi) is 3.04. The number of carbonyl (C=O) groups is 1. The van der Waals surface area contributed by atoms with Crippen LogP contribution in [-0.4, -0.2) is 10.8 Å². The number of aromatic nitrogens is 1. The zero-order valence-corrected chi connectivity index (χ0v) is 7.38. The molecular formula is C9H5F3N2O. The third-order valence-electron chi connectivity index (χ3n) is 1.56. The van der Waals surface area contributed by atoms with E-state index in [1.165, 1.54) is 0 Å². The van der Waals surface area contributed by atoms with Crippen molar-refractivity contribution in [3.8, 4) is 6.07 Å². The zero-order valence-electron chi connectivity index (χ0n) is 7.38. The van der Waals surface area contributed by atoms with Crippen molar-refractivity contribution in [1.29, 1.82) is 5.26 Å². The van der Waals surface area contributed by atoms with E-state index in [0.717, 1.165) is 18.2 Å². The average molecular weight is 214 g/mol. The van der Waals surface area contributed by atoms with Gasteiger partial charge in [0.15, 0.2) is 5.78 Å². The topological polar surface area (TPSA) is 53.8 Å². The Morgan fingerprint density at radius 1 is 1.47 bits per heavy atom. The summed E-state index contributed by atoms with van der Waals surface area (Å²) in [4.78, 5) is 14.2. The van der Waals surface area contributed by atoms with E-state index in [1.807, 2.05) is 0 Å². The number of pyridine rings is 1. The summed E-state index contributed by atoms with van der Waals surface area (Å²) in [7, 11) is 0. The zero-order chi connectivity index (χ0) is 11.5. The second-order valence-corrected chi connectivity index (χ2v) is 2.66. The molecule has 6 heteroatoms. The van der Waals surface area contributed by atoms with Crippen molar-refractivity contribution in [1.82, 2.24) is 4.98 Å². The van der Waals surface area contributed by atoms with E-state index in [1.54, 1.807) is 6.07 Å². The summed E-state index contributed by atoms with van der Waals surface area (Å²) in [6.45, 7) is 0. The quantitative estimate of drug-likeness (QED) is 0.709. The normalized spacial score (nSPS) is 10.8. The van der Waals surface area contributed by atoms with Gasteiger partial charge < -0.3 is 0 Å². The van der Waals surface area contributed by atoms with Crippen molar-refractivity contribution in [2.45, 2.75) is 12.6 Å². The third kappa shape index (κ3) is 2.77. The first kappa shape index (κ1) is 11.2. The monoisotopic (exact) mass is 214 g/mol. The van der Waals surface area contributed by atoms with Crippen LogP contribution < -0.4 is 0 Å². The van der Waals surface area contributed by atoms with E-state index in [4.69, 9.17) is 5.26 Å². The van der Waals surface area contributed by atoms with Crippen LogP contribution in [0.5, 0.6) is 0 Å². The molecule has 0 saturated heterocycles. The number of ketones is 1. The molecule has 0 atom stereocenters. The molecule has 1 aromatic rings. The van der Waals surface area contributed by atoms with Gasteiger partial charge in [-0.2, -0.15) is 18.4 Å². The first-order valence-electron chi connectivity index (χ1n) is 3.89. The first-order chi connectivity index (χ1) is 6.95. The minimum atomic E-state index is -4.58. The molecule has 0 saturated carbocycles. The molecule has 1 aromatic heterocycles. The number of nitrogens with zero attached hydrogens (tertiary/aromatic N) is 2. The number of rotatable bonds is 2. The average Bonchev–Trinajstić information content (AvgIpc) is 2.17. The van der Waals surface area contributed by atoms with Crippen LogP contribution in [0.3, 0.4) is 0 Å². The standard InChI is InChI=1S/C9H5F3N2O/c10-9(11,12)8-3-1-2-6(14-8)7(15)4-5-13/h1-3H,4H2. The molecule has 3 nitrogen and oxygen atoms in total. The van der Waals surface area contributed by atoms with Crippen molar-refractivity contribution in [2.24, 2.45) is 0 Å². The number of nitriles is 1. The van der Waals surface area contributed by atoms with E-state index in [-0.39, 0.29) is 5.69 Å². The maximum absolute atomic E-state index is 12.2. The summed E-state index contributed by atoms with van der Waals surface area (Å²) < 4.78 is 36.5. The van der Waals surface area contributed by atoms with Crippen LogP contribution in [0.2, 0.25) is 0 Å². The van der Waals surface area contributed by atoms with Gasteiger partial charge in [0.25, 0.3) is 0 Å². The molecule has 78 valence electrons. The fourth-order valence-corrected chi connectivity index (χ4v) is 0.910. The van der Waals surface area contributed by atoms with Crippen LogP contribution in [0.25, 0.3) is 0 Å². The highest BCUT2D eigenvalue weighted by Crippen LogP contribution is 2.27. The second-order valence-electron chi connectivity index (χ2n) is 2.66. The summed E-state index contributed by atoms with van der Waals surface area (Å²) in [6, 6.07) is 4.55. The Hall–Kier alpha value is -1.90. The molecule has 0 amide bonds. The lowest BCUT2D eigenvalue weighted by molar-refractivity contribution is -0.141. The number of hydrogen-bond donors (Lipinski definition) is 0. The summed E-state index contributed by atoms with van der Waals surface area (Å²) in [5, 5.41) is 8.21. The molecule has 0 aliphatic carbocycles. The minimum Gasteiger partial charge on any atom is -0.291 e. The molecule has 0 N–H and O–H groups in total. The summed E-state index contributed by atoms with van der Waals surface area (Å²) >= 11 is 0. The van der Waals surface area contributed by atoms with Crippen LogP contribution in [0.1, 0.15) is 22.6 Å². The van der Waals surface area contributed by atoms with E-state index in [9.17, 15) is 18.0 Å². The molecule has 1 rings (SSSR count). The Balaban J connectivity index is 3.04. The van der Waals surface area contributed by atoms with Gasteiger partial charge in [0.1, 0.15) is 17.8 Å². The summed E-state index contributed by atoms with van der Waals surface area (Å²) in [6.07, 6.45) is -5.06. The highest BCUT2D eigenvalue weighted by molar-refractivity contribution is 5.95. The van der Waals surface area contributed by atoms with Crippen LogP contribution in [0.15, 0.2) is 18.2 Å². The van der Waals surface area contributed by atoms with Gasteiger partial charge in [-0.25, -0.2) is 4.98 Å². The van der Waals surface area contributed by atoms with Crippen molar-refractivity contribution in [3.63, 3.8) is 0 Å². The van der Waals surface area contributed by atoms with Crippen molar-refractivity contribution in [2.75, 3.05) is 0 Å². The molecule has 0 radical (unpaired) electrons. The molecule has 0 aromatic carbocycles. The fourth-order valence-electron chi connectivity index (χ4n) is 0.910. The van der Waals surface area contributed by atoms with Gasteiger partial charge >= 0.3 is 6.18 Å². The Labute approximate surface area is 83.2 Å².